The van der Waals surface area contributed by atoms with Crippen molar-refractivity contribution in [3.63, 3.8) is 0 Å². The lowest BCUT2D eigenvalue weighted by atomic mass is 9.77. The van der Waals surface area contributed by atoms with Crippen molar-refractivity contribution in [1.29, 1.82) is 0 Å². The molecule has 2 aromatic carbocycles. The first kappa shape index (κ1) is 27.9. The number of carbonyl (C=O) groups excluding carboxylic acids is 2. The molecule has 1 aromatic heterocycles. The van der Waals surface area contributed by atoms with Crippen LogP contribution in [0.2, 0.25) is 0 Å². The predicted molar refractivity (Wildman–Crippen MR) is 136 cm³/mol. The molecule has 0 unspecified atom stereocenters. The summed E-state index contributed by atoms with van der Waals surface area (Å²) in [6.07, 6.45) is -1.31. The standard InChI is InChI=1S/C28H28F3N3O5/c29-28(30,31)25-24(34-27(39-25)20-4-2-1-3-5-20)26(38)32-15-14-22(35)33-21-12-10-19(11-13-21)18-8-6-17(7-9-18)16-23(36)37/h1-5,10-13,17-18H,6-9,14-16H2,(H,32,38)(H,33,35)(H,36,37). The van der Waals surface area contributed by atoms with E-state index in [1.54, 1.807) is 30.3 Å². The van der Waals surface area contributed by atoms with Gasteiger partial charge in [-0.05, 0) is 67.3 Å². The summed E-state index contributed by atoms with van der Waals surface area (Å²) in [6.45, 7) is -0.201. The van der Waals surface area contributed by atoms with Gasteiger partial charge >= 0.3 is 12.1 Å². The Labute approximate surface area is 222 Å². The highest BCUT2D eigenvalue weighted by Crippen LogP contribution is 2.37. The van der Waals surface area contributed by atoms with E-state index < -0.39 is 35.4 Å². The van der Waals surface area contributed by atoms with Crippen molar-refractivity contribution in [3.05, 3.63) is 71.6 Å². The lowest BCUT2D eigenvalue weighted by Gasteiger charge is -2.28. The molecule has 1 saturated carbocycles. The van der Waals surface area contributed by atoms with Gasteiger partial charge in [0.2, 0.25) is 17.6 Å². The van der Waals surface area contributed by atoms with E-state index in [1.165, 1.54) is 12.1 Å². The van der Waals surface area contributed by atoms with Crippen LogP contribution in [-0.2, 0) is 15.8 Å². The third-order valence-electron chi connectivity index (χ3n) is 6.73. The molecule has 8 nitrogen and oxygen atoms in total. The summed E-state index contributed by atoms with van der Waals surface area (Å²) in [7, 11) is 0. The molecule has 39 heavy (non-hydrogen) atoms. The molecule has 3 N–H and O–H groups in total. The summed E-state index contributed by atoms with van der Waals surface area (Å²) in [5, 5.41) is 14.0. The van der Waals surface area contributed by atoms with Crippen molar-refractivity contribution < 1.29 is 37.1 Å². The third-order valence-corrected chi connectivity index (χ3v) is 6.73. The van der Waals surface area contributed by atoms with E-state index in [-0.39, 0.29) is 31.2 Å². The van der Waals surface area contributed by atoms with Crippen molar-refractivity contribution in [2.45, 2.75) is 50.6 Å². The highest BCUT2D eigenvalue weighted by atomic mass is 19.4. The van der Waals surface area contributed by atoms with E-state index in [1.807, 2.05) is 12.1 Å². The molecule has 11 heteroatoms. The van der Waals surface area contributed by atoms with Crippen LogP contribution in [0.15, 0.2) is 59.0 Å². The molecule has 1 aliphatic rings. The van der Waals surface area contributed by atoms with Crippen LogP contribution in [0.3, 0.4) is 0 Å². The lowest BCUT2D eigenvalue weighted by molar-refractivity contribution is -0.153. The predicted octanol–water partition coefficient (Wildman–Crippen LogP) is 5.87. The molecule has 1 aliphatic carbocycles. The molecule has 4 rings (SSSR count). The van der Waals surface area contributed by atoms with E-state index in [0.29, 0.717) is 17.2 Å². The van der Waals surface area contributed by atoms with E-state index in [4.69, 9.17) is 9.52 Å². The second-order valence-corrected chi connectivity index (χ2v) is 9.55. The number of carboxylic acids is 1. The van der Waals surface area contributed by atoms with Gasteiger partial charge in [0.1, 0.15) is 0 Å². The number of aliphatic carboxylic acids is 1. The van der Waals surface area contributed by atoms with Crippen molar-refractivity contribution in [2.75, 3.05) is 11.9 Å². The maximum absolute atomic E-state index is 13.4. The minimum absolute atomic E-state index is 0.161. The van der Waals surface area contributed by atoms with Gasteiger partial charge in [0.25, 0.3) is 5.91 Å². The maximum Gasteiger partial charge on any atom is 0.452 e. The second-order valence-electron chi connectivity index (χ2n) is 9.55. The number of amides is 2. The van der Waals surface area contributed by atoms with Gasteiger partial charge in [-0.15, -0.1) is 0 Å². The molecule has 0 radical (unpaired) electrons. The molecule has 0 saturated heterocycles. The molecule has 0 spiro atoms. The van der Waals surface area contributed by atoms with Crippen molar-refractivity contribution in [2.24, 2.45) is 5.92 Å². The molecular weight excluding hydrogens is 515 g/mol. The molecule has 0 atom stereocenters. The van der Waals surface area contributed by atoms with Gasteiger partial charge in [-0.3, -0.25) is 14.4 Å². The van der Waals surface area contributed by atoms with Crippen LogP contribution in [0.4, 0.5) is 18.9 Å². The van der Waals surface area contributed by atoms with E-state index in [9.17, 15) is 27.6 Å². The van der Waals surface area contributed by atoms with Crippen LogP contribution in [0, 0.1) is 5.92 Å². The highest BCUT2D eigenvalue weighted by Gasteiger charge is 2.42. The first-order chi connectivity index (χ1) is 18.6. The van der Waals surface area contributed by atoms with Gasteiger partial charge in [0.05, 0.1) is 0 Å². The van der Waals surface area contributed by atoms with Crippen molar-refractivity contribution in [1.82, 2.24) is 10.3 Å². The van der Waals surface area contributed by atoms with Gasteiger partial charge in [0, 0.05) is 30.6 Å². The van der Waals surface area contributed by atoms with Crippen molar-refractivity contribution >= 4 is 23.5 Å². The number of anilines is 1. The summed E-state index contributed by atoms with van der Waals surface area (Å²) in [5.74, 6) is -3.55. The number of hydrogen-bond donors (Lipinski definition) is 3. The average molecular weight is 544 g/mol. The first-order valence-corrected chi connectivity index (χ1v) is 12.6. The fourth-order valence-electron chi connectivity index (χ4n) is 4.75. The fraction of sp³-hybridized carbons (Fsp3) is 0.357. The summed E-state index contributed by atoms with van der Waals surface area (Å²) in [6, 6.07) is 15.3. The number of oxazole rings is 1. The number of alkyl halides is 3. The normalized spacial score (nSPS) is 17.4. The molecule has 3 aromatic rings. The van der Waals surface area contributed by atoms with Crippen LogP contribution in [0.25, 0.3) is 11.5 Å². The van der Waals surface area contributed by atoms with Crippen LogP contribution in [0.1, 0.15) is 66.3 Å². The Morgan fingerprint density at radius 3 is 2.26 bits per heavy atom. The number of carbonyl (C=O) groups is 3. The molecule has 1 heterocycles. The number of aromatic nitrogens is 1. The van der Waals surface area contributed by atoms with Gasteiger partial charge in [-0.1, -0.05) is 30.3 Å². The van der Waals surface area contributed by atoms with Gasteiger partial charge < -0.3 is 20.2 Å². The van der Waals surface area contributed by atoms with Crippen LogP contribution >= 0.6 is 0 Å². The number of hydrogen-bond acceptors (Lipinski definition) is 5. The number of nitrogens with one attached hydrogen (secondary N) is 2. The number of rotatable bonds is 9. The minimum atomic E-state index is -4.92. The largest absolute Gasteiger partial charge is 0.481 e. The smallest absolute Gasteiger partial charge is 0.452 e. The lowest BCUT2D eigenvalue weighted by Crippen LogP contribution is -2.29. The Morgan fingerprint density at radius 2 is 1.64 bits per heavy atom. The second kappa shape index (κ2) is 12.1. The Morgan fingerprint density at radius 1 is 0.974 bits per heavy atom. The first-order valence-electron chi connectivity index (χ1n) is 12.6. The maximum atomic E-state index is 13.4. The SMILES string of the molecule is O=C(O)CC1CCC(c2ccc(NC(=O)CCNC(=O)c3nc(-c4ccccc4)oc3C(F)(F)F)cc2)CC1. The number of benzene rings is 2. The monoisotopic (exact) mass is 543 g/mol. The van der Waals surface area contributed by atoms with E-state index in [2.05, 4.69) is 15.6 Å². The van der Waals surface area contributed by atoms with E-state index >= 15 is 0 Å². The summed E-state index contributed by atoms with van der Waals surface area (Å²) >= 11 is 0. The quantitative estimate of drug-likeness (QED) is 0.311. The number of nitrogens with zero attached hydrogens (tertiary/aromatic N) is 1. The molecule has 2 amide bonds. The molecular formula is C28H28F3N3O5. The minimum Gasteiger partial charge on any atom is -0.481 e. The van der Waals surface area contributed by atoms with Gasteiger partial charge in [-0.25, -0.2) is 4.98 Å². The molecule has 0 bridgehead atoms. The Hall–Kier alpha value is -4.15. The van der Waals surface area contributed by atoms with Crippen LogP contribution < -0.4 is 10.6 Å². The molecule has 0 aliphatic heterocycles. The Balaban J connectivity index is 1.27. The fourth-order valence-corrected chi connectivity index (χ4v) is 4.75. The zero-order valence-electron chi connectivity index (χ0n) is 21.0. The average Bonchev–Trinajstić information content (AvgIpc) is 3.37. The zero-order chi connectivity index (χ0) is 28.0. The summed E-state index contributed by atoms with van der Waals surface area (Å²) in [5.41, 5.74) is 1.07. The van der Waals surface area contributed by atoms with Crippen molar-refractivity contribution in [3.8, 4) is 11.5 Å². The number of carboxylic acid groups (broad SMARTS) is 1. The van der Waals surface area contributed by atoms with Crippen LogP contribution in [-0.4, -0.2) is 34.4 Å². The Kier molecular flexibility index (Phi) is 8.68. The Bertz CT molecular complexity index is 1300. The van der Waals surface area contributed by atoms with Crippen LogP contribution in [0.5, 0.6) is 0 Å². The summed E-state index contributed by atoms with van der Waals surface area (Å²) in [4.78, 5) is 39.5. The summed E-state index contributed by atoms with van der Waals surface area (Å²) < 4.78 is 45.2. The van der Waals surface area contributed by atoms with Gasteiger partial charge in [-0.2, -0.15) is 13.2 Å². The van der Waals surface area contributed by atoms with E-state index in [0.717, 1.165) is 31.2 Å². The number of halogens is 3. The molecule has 1 fully saturated rings. The third kappa shape index (κ3) is 7.46. The zero-order valence-corrected chi connectivity index (χ0v) is 21.0. The topological polar surface area (TPSA) is 122 Å². The molecule has 206 valence electrons. The highest BCUT2D eigenvalue weighted by molar-refractivity contribution is 5.95. The van der Waals surface area contributed by atoms with Gasteiger partial charge in [0.15, 0.2) is 5.69 Å².